The van der Waals surface area contributed by atoms with Crippen molar-refractivity contribution in [3.05, 3.63) is 63.1 Å². The minimum absolute atomic E-state index is 0.242. The first kappa shape index (κ1) is 16.6. The fraction of sp³-hybridized carbons (Fsp3) is 0.188. The number of halogens is 2. The quantitative estimate of drug-likeness (QED) is 0.754. The molecule has 0 aliphatic carbocycles. The van der Waals surface area contributed by atoms with Crippen LogP contribution in [0, 0.1) is 12.7 Å². The van der Waals surface area contributed by atoms with Gasteiger partial charge in [0.05, 0.1) is 11.4 Å². The number of nitrogens with one attached hydrogen (secondary N) is 1. The Balaban J connectivity index is 1.57. The Morgan fingerprint density at radius 2 is 2.08 bits per heavy atom. The summed E-state index contributed by atoms with van der Waals surface area (Å²) >= 11 is 7.08. The van der Waals surface area contributed by atoms with Gasteiger partial charge in [-0.2, -0.15) is 5.10 Å². The lowest BCUT2D eigenvalue weighted by atomic mass is 10.3. The van der Waals surface area contributed by atoms with E-state index in [1.54, 1.807) is 23.0 Å². The Bertz CT molecular complexity index is 859. The van der Waals surface area contributed by atoms with Gasteiger partial charge >= 0.3 is 0 Å². The first-order valence-electron chi connectivity index (χ1n) is 7.24. The molecule has 8 heteroatoms. The van der Waals surface area contributed by atoms with Gasteiger partial charge in [-0.3, -0.25) is 4.79 Å². The van der Waals surface area contributed by atoms with Crippen LogP contribution in [0.15, 0.2) is 36.5 Å². The second kappa shape index (κ2) is 7.11. The molecule has 2 aromatic heterocycles. The standard InChI is InChI=1S/C16H14ClFN4OS/c1-10-14(20-16(17)24-10)15(23)19-8-6-12-7-9-22(21-12)13-4-2-11(18)3-5-13/h2-5,7,9H,6,8H2,1H3,(H,19,23). The number of rotatable bonds is 5. The van der Waals surface area contributed by atoms with E-state index in [-0.39, 0.29) is 11.7 Å². The van der Waals surface area contributed by atoms with Crippen molar-refractivity contribution < 1.29 is 9.18 Å². The van der Waals surface area contributed by atoms with Crippen LogP contribution in [0.25, 0.3) is 5.69 Å². The van der Waals surface area contributed by atoms with Crippen LogP contribution in [0.5, 0.6) is 0 Å². The molecule has 1 N–H and O–H groups in total. The predicted octanol–water partition coefficient (Wildman–Crippen LogP) is 3.40. The van der Waals surface area contributed by atoms with Crippen molar-refractivity contribution in [1.82, 2.24) is 20.1 Å². The van der Waals surface area contributed by atoms with Crippen LogP contribution in [-0.2, 0) is 6.42 Å². The van der Waals surface area contributed by atoms with Gasteiger partial charge in [0, 0.05) is 24.0 Å². The third-order valence-corrected chi connectivity index (χ3v) is 4.46. The van der Waals surface area contributed by atoms with Crippen LogP contribution in [0.3, 0.4) is 0 Å². The third-order valence-electron chi connectivity index (χ3n) is 3.39. The molecular formula is C16H14ClFN4OS. The van der Waals surface area contributed by atoms with Gasteiger partial charge in [0.1, 0.15) is 11.5 Å². The lowest BCUT2D eigenvalue weighted by molar-refractivity contribution is 0.0949. The fourth-order valence-corrected chi connectivity index (χ4v) is 3.25. The average molecular weight is 365 g/mol. The highest BCUT2D eigenvalue weighted by Gasteiger charge is 2.14. The van der Waals surface area contributed by atoms with E-state index in [0.717, 1.165) is 16.3 Å². The van der Waals surface area contributed by atoms with Crippen molar-refractivity contribution in [2.45, 2.75) is 13.3 Å². The first-order valence-corrected chi connectivity index (χ1v) is 8.44. The number of carbonyl (C=O) groups excluding carboxylic acids is 1. The molecule has 3 rings (SSSR count). The van der Waals surface area contributed by atoms with E-state index in [9.17, 15) is 9.18 Å². The molecule has 0 unspecified atom stereocenters. The van der Waals surface area contributed by atoms with Crippen LogP contribution in [-0.4, -0.2) is 27.2 Å². The maximum atomic E-state index is 12.9. The second-order valence-electron chi connectivity index (χ2n) is 5.11. The molecule has 24 heavy (non-hydrogen) atoms. The van der Waals surface area contributed by atoms with Gasteiger partial charge < -0.3 is 5.32 Å². The largest absolute Gasteiger partial charge is 0.350 e. The summed E-state index contributed by atoms with van der Waals surface area (Å²) in [5, 5.41) is 7.22. The zero-order valence-corrected chi connectivity index (χ0v) is 14.4. The Hall–Kier alpha value is -2.25. The Kier molecular flexibility index (Phi) is 4.92. The number of thiazole rings is 1. The summed E-state index contributed by atoms with van der Waals surface area (Å²) < 4.78 is 15.0. The summed E-state index contributed by atoms with van der Waals surface area (Å²) in [6, 6.07) is 7.95. The first-order chi connectivity index (χ1) is 11.5. The second-order valence-corrected chi connectivity index (χ2v) is 6.89. The highest BCUT2D eigenvalue weighted by molar-refractivity contribution is 7.15. The van der Waals surface area contributed by atoms with E-state index in [4.69, 9.17) is 11.6 Å². The topological polar surface area (TPSA) is 59.8 Å². The lowest BCUT2D eigenvalue weighted by Gasteiger charge is -2.03. The molecule has 5 nitrogen and oxygen atoms in total. The lowest BCUT2D eigenvalue weighted by Crippen LogP contribution is -2.26. The van der Waals surface area contributed by atoms with Crippen molar-refractivity contribution >= 4 is 28.8 Å². The zero-order chi connectivity index (χ0) is 17.1. The molecule has 0 saturated heterocycles. The third kappa shape index (κ3) is 3.80. The number of hydrogen-bond donors (Lipinski definition) is 1. The van der Waals surface area contributed by atoms with Crippen LogP contribution < -0.4 is 5.32 Å². The molecule has 0 bridgehead atoms. The van der Waals surface area contributed by atoms with Crippen molar-refractivity contribution in [3.8, 4) is 5.69 Å². The highest BCUT2D eigenvalue weighted by atomic mass is 35.5. The SMILES string of the molecule is Cc1sc(Cl)nc1C(=O)NCCc1ccn(-c2ccc(F)cc2)n1. The molecule has 0 fully saturated rings. The van der Waals surface area contributed by atoms with Crippen LogP contribution >= 0.6 is 22.9 Å². The number of benzene rings is 1. The van der Waals surface area contributed by atoms with E-state index in [1.807, 2.05) is 13.0 Å². The molecule has 2 heterocycles. The Morgan fingerprint density at radius 1 is 1.33 bits per heavy atom. The average Bonchev–Trinajstić information content (AvgIpc) is 3.14. The summed E-state index contributed by atoms with van der Waals surface area (Å²) in [6.07, 6.45) is 2.38. The Morgan fingerprint density at radius 3 is 2.75 bits per heavy atom. The van der Waals surface area contributed by atoms with Gasteiger partial charge in [-0.15, -0.1) is 11.3 Å². The number of aromatic nitrogens is 3. The number of carbonyl (C=O) groups is 1. The van der Waals surface area contributed by atoms with Crippen molar-refractivity contribution in [2.75, 3.05) is 6.54 Å². The van der Waals surface area contributed by atoms with Crippen molar-refractivity contribution in [1.29, 1.82) is 0 Å². The molecule has 0 saturated carbocycles. The molecule has 0 spiro atoms. The minimum Gasteiger partial charge on any atom is -0.350 e. The summed E-state index contributed by atoms with van der Waals surface area (Å²) in [6.45, 7) is 2.25. The number of hydrogen-bond acceptors (Lipinski definition) is 4. The van der Waals surface area contributed by atoms with Gasteiger partial charge in [0.25, 0.3) is 5.91 Å². The molecule has 3 aromatic rings. The van der Waals surface area contributed by atoms with Crippen molar-refractivity contribution in [3.63, 3.8) is 0 Å². The predicted molar refractivity (Wildman–Crippen MR) is 91.4 cm³/mol. The van der Waals surface area contributed by atoms with Crippen molar-refractivity contribution in [2.24, 2.45) is 0 Å². The summed E-state index contributed by atoms with van der Waals surface area (Å²) in [5.74, 6) is -0.528. The summed E-state index contributed by atoms with van der Waals surface area (Å²) in [4.78, 5) is 16.8. The molecule has 0 aliphatic heterocycles. The van der Waals surface area contributed by atoms with Crippen LogP contribution in [0.4, 0.5) is 4.39 Å². The van der Waals surface area contributed by atoms with Crippen LogP contribution in [0.2, 0.25) is 4.47 Å². The maximum Gasteiger partial charge on any atom is 0.271 e. The summed E-state index contributed by atoms with van der Waals surface area (Å²) in [7, 11) is 0. The molecule has 1 aromatic carbocycles. The van der Waals surface area contributed by atoms with Crippen LogP contribution in [0.1, 0.15) is 21.1 Å². The van der Waals surface area contributed by atoms with Gasteiger partial charge in [-0.1, -0.05) is 11.6 Å². The molecular weight excluding hydrogens is 351 g/mol. The van der Waals surface area contributed by atoms with E-state index in [0.29, 0.717) is 23.1 Å². The zero-order valence-electron chi connectivity index (χ0n) is 12.8. The van der Waals surface area contributed by atoms with Gasteiger partial charge in [0.2, 0.25) is 0 Å². The van der Waals surface area contributed by atoms with Gasteiger partial charge in [0.15, 0.2) is 4.47 Å². The van der Waals surface area contributed by atoms with Gasteiger partial charge in [-0.25, -0.2) is 14.1 Å². The molecule has 0 aliphatic rings. The number of nitrogens with zero attached hydrogens (tertiary/aromatic N) is 3. The Labute approximate surface area is 147 Å². The minimum atomic E-state index is -0.286. The smallest absolute Gasteiger partial charge is 0.271 e. The normalized spacial score (nSPS) is 10.8. The highest BCUT2D eigenvalue weighted by Crippen LogP contribution is 2.21. The summed E-state index contributed by atoms with van der Waals surface area (Å²) in [5.41, 5.74) is 1.97. The molecule has 124 valence electrons. The fourth-order valence-electron chi connectivity index (χ4n) is 2.20. The molecule has 0 radical (unpaired) electrons. The number of aryl methyl sites for hydroxylation is 1. The molecule has 0 atom stereocenters. The number of amides is 1. The maximum absolute atomic E-state index is 12.9. The van der Waals surface area contributed by atoms with E-state index < -0.39 is 0 Å². The monoisotopic (exact) mass is 364 g/mol. The van der Waals surface area contributed by atoms with E-state index in [2.05, 4.69) is 15.4 Å². The molecule has 1 amide bonds. The van der Waals surface area contributed by atoms with E-state index in [1.165, 1.54) is 23.5 Å². The van der Waals surface area contributed by atoms with E-state index >= 15 is 0 Å². The van der Waals surface area contributed by atoms with Gasteiger partial charge in [-0.05, 0) is 37.3 Å².